The van der Waals surface area contributed by atoms with Crippen molar-refractivity contribution in [2.24, 2.45) is 0 Å². The SMILES string of the molecule is COc1ncc(-c2ccc3nc(N)c4c(c3c2)OCC(=O)N4C)cc1NS(=O)(=O)C1CC1. The first-order valence-corrected chi connectivity index (χ1v) is 11.5. The minimum atomic E-state index is -3.49. The van der Waals surface area contributed by atoms with Gasteiger partial charge in [-0.05, 0) is 36.6 Å². The standard InChI is InChI=1S/C21H21N5O5S/c1-26-17(27)10-31-19-14-7-11(3-6-15(14)24-20(22)18(19)26)12-8-16(21(30-2)23-9-12)25-32(28,29)13-4-5-13/h3,6-9,13,25H,4-5,10H2,1-2H3,(H2,22,24). The summed E-state index contributed by atoms with van der Waals surface area (Å²) in [6, 6.07) is 7.16. The quantitative estimate of drug-likeness (QED) is 0.597. The molecule has 2 aromatic heterocycles. The van der Waals surface area contributed by atoms with E-state index in [1.54, 1.807) is 25.4 Å². The van der Waals surface area contributed by atoms with Crippen LogP contribution in [0.25, 0.3) is 22.0 Å². The maximum Gasteiger partial charge on any atom is 0.264 e. The largest absolute Gasteiger partial charge is 0.481 e. The lowest BCUT2D eigenvalue weighted by Crippen LogP contribution is -2.36. The molecule has 2 aliphatic rings. The summed E-state index contributed by atoms with van der Waals surface area (Å²) in [6.07, 6.45) is 2.89. The molecule has 3 aromatic rings. The van der Waals surface area contributed by atoms with Crippen molar-refractivity contribution in [1.29, 1.82) is 0 Å². The Kier molecular flexibility index (Phi) is 4.59. The third-order valence-electron chi connectivity index (χ3n) is 5.58. The number of amides is 1. The van der Waals surface area contributed by atoms with Crippen LogP contribution in [0.3, 0.4) is 0 Å². The lowest BCUT2D eigenvalue weighted by atomic mass is 10.0. The number of aromatic nitrogens is 2. The fourth-order valence-corrected chi connectivity index (χ4v) is 5.08. The molecule has 1 saturated carbocycles. The van der Waals surface area contributed by atoms with Gasteiger partial charge in [-0.2, -0.15) is 0 Å². The molecule has 3 heterocycles. The average molecular weight is 455 g/mol. The monoisotopic (exact) mass is 455 g/mol. The number of rotatable bonds is 5. The van der Waals surface area contributed by atoms with Crippen LogP contribution in [-0.4, -0.2) is 50.3 Å². The van der Waals surface area contributed by atoms with E-state index >= 15 is 0 Å². The number of nitrogen functional groups attached to an aromatic ring is 1. The molecule has 1 aromatic carbocycles. The number of carbonyl (C=O) groups is 1. The first-order chi connectivity index (χ1) is 15.3. The van der Waals surface area contributed by atoms with Crippen molar-refractivity contribution >= 4 is 44.0 Å². The Hall–Kier alpha value is -3.60. The van der Waals surface area contributed by atoms with Crippen LogP contribution in [-0.2, 0) is 14.8 Å². The van der Waals surface area contributed by atoms with E-state index in [2.05, 4.69) is 14.7 Å². The van der Waals surface area contributed by atoms with Gasteiger partial charge in [-0.1, -0.05) is 6.07 Å². The van der Waals surface area contributed by atoms with E-state index in [1.165, 1.54) is 12.0 Å². The minimum Gasteiger partial charge on any atom is -0.481 e. The molecule has 0 bridgehead atoms. The van der Waals surface area contributed by atoms with Gasteiger partial charge < -0.3 is 20.1 Å². The molecule has 1 fully saturated rings. The summed E-state index contributed by atoms with van der Waals surface area (Å²) in [5, 5.41) is 0.304. The lowest BCUT2D eigenvalue weighted by Gasteiger charge is -2.27. The molecule has 3 N–H and O–H groups in total. The summed E-state index contributed by atoms with van der Waals surface area (Å²) in [6.45, 7) is -0.0938. The van der Waals surface area contributed by atoms with E-state index in [9.17, 15) is 13.2 Å². The number of fused-ring (bicyclic) bond motifs is 3. The maximum atomic E-state index is 12.4. The second kappa shape index (κ2) is 7.23. The highest BCUT2D eigenvalue weighted by atomic mass is 32.2. The van der Waals surface area contributed by atoms with E-state index in [0.29, 0.717) is 40.7 Å². The predicted octanol–water partition coefficient (Wildman–Crippen LogP) is 2.15. The number of methoxy groups -OCH3 is 1. The summed E-state index contributed by atoms with van der Waals surface area (Å²) in [5.41, 5.74) is 8.83. The van der Waals surface area contributed by atoms with Gasteiger partial charge in [0.1, 0.15) is 11.4 Å². The highest BCUT2D eigenvalue weighted by Gasteiger charge is 2.36. The van der Waals surface area contributed by atoms with Gasteiger partial charge in [0.05, 0.1) is 17.9 Å². The first-order valence-electron chi connectivity index (χ1n) is 9.97. The Morgan fingerprint density at radius 1 is 1.25 bits per heavy atom. The summed E-state index contributed by atoms with van der Waals surface area (Å²) < 4.78 is 38.4. The third kappa shape index (κ3) is 3.34. The van der Waals surface area contributed by atoms with E-state index in [4.69, 9.17) is 15.2 Å². The number of pyridine rings is 2. The smallest absolute Gasteiger partial charge is 0.264 e. The van der Waals surface area contributed by atoms with Gasteiger partial charge in [0.15, 0.2) is 18.2 Å². The second-order valence-electron chi connectivity index (χ2n) is 7.78. The van der Waals surface area contributed by atoms with Crippen molar-refractivity contribution in [1.82, 2.24) is 9.97 Å². The molecule has 10 nitrogen and oxygen atoms in total. The normalized spacial score (nSPS) is 15.9. The zero-order valence-corrected chi connectivity index (χ0v) is 18.3. The van der Waals surface area contributed by atoms with Crippen LogP contribution in [0.4, 0.5) is 17.2 Å². The van der Waals surface area contributed by atoms with E-state index < -0.39 is 10.0 Å². The number of nitrogens with zero attached hydrogens (tertiary/aromatic N) is 3. The number of nitrogens with one attached hydrogen (secondary N) is 1. The van der Waals surface area contributed by atoms with Crippen LogP contribution >= 0.6 is 0 Å². The molecule has 11 heteroatoms. The van der Waals surface area contributed by atoms with Crippen molar-refractivity contribution in [2.75, 3.05) is 36.1 Å². The fraction of sp³-hybridized carbons (Fsp3) is 0.286. The van der Waals surface area contributed by atoms with Gasteiger partial charge in [0.25, 0.3) is 5.91 Å². The van der Waals surface area contributed by atoms with Gasteiger partial charge in [-0.3, -0.25) is 9.52 Å². The van der Waals surface area contributed by atoms with E-state index in [-0.39, 0.29) is 35.1 Å². The van der Waals surface area contributed by atoms with E-state index in [1.807, 2.05) is 12.1 Å². The van der Waals surface area contributed by atoms with Crippen molar-refractivity contribution in [2.45, 2.75) is 18.1 Å². The number of carbonyl (C=O) groups excluding carboxylic acids is 1. The van der Waals surface area contributed by atoms with Crippen LogP contribution < -0.4 is 24.8 Å². The molecule has 0 unspecified atom stereocenters. The molecule has 5 rings (SSSR count). The Bertz CT molecular complexity index is 1370. The minimum absolute atomic E-state index is 0.0938. The molecular weight excluding hydrogens is 434 g/mol. The first kappa shape index (κ1) is 20.3. The molecule has 0 radical (unpaired) electrons. The van der Waals surface area contributed by atoms with Crippen LogP contribution in [0.5, 0.6) is 11.6 Å². The van der Waals surface area contributed by atoms with Gasteiger partial charge >= 0.3 is 0 Å². The number of anilines is 3. The Balaban J connectivity index is 1.61. The lowest BCUT2D eigenvalue weighted by molar-refractivity contribution is -0.120. The summed E-state index contributed by atoms with van der Waals surface area (Å²) >= 11 is 0. The summed E-state index contributed by atoms with van der Waals surface area (Å²) in [4.78, 5) is 22.2. The Morgan fingerprint density at radius 3 is 2.75 bits per heavy atom. The van der Waals surface area contributed by atoms with Crippen molar-refractivity contribution in [3.8, 4) is 22.8 Å². The van der Waals surface area contributed by atoms with Gasteiger partial charge in [-0.25, -0.2) is 18.4 Å². The van der Waals surface area contributed by atoms with Crippen molar-refractivity contribution in [3.05, 3.63) is 30.5 Å². The fourth-order valence-electron chi connectivity index (χ4n) is 3.71. The van der Waals surface area contributed by atoms with Gasteiger partial charge in [0, 0.05) is 24.2 Å². The predicted molar refractivity (Wildman–Crippen MR) is 120 cm³/mol. The maximum absolute atomic E-state index is 12.4. The molecule has 32 heavy (non-hydrogen) atoms. The topological polar surface area (TPSA) is 137 Å². The number of hydrogen-bond acceptors (Lipinski definition) is 8. The van der Waals surface area contributed by atoms with Gasteiger partial charge in [0.2, 0.25) is 15.9 Å². The van der Waals surface area contributed by atoms with Crippen molar-refractivity contribution in [3.63, 3.8) is 0 Å². The average Bonchev–Trinajstić information content (AvgIpc) is 3.62. The number of nitrogens with two attached hydrogens (primary N) is 1. The highest BCUT2D eigenvalue weighted by molar-refractivity contribution is 7.93. The number of sulfonamides is 1. The Morgan fingerprint density at radius 2 is 2.03 bits per heavy atom. The summed E-state index contributed by atoms with van der Waals surface area (Å²) in [7, 11) is -0.423. The van der Waals surface area contributed by atoms with Crippen molar-refractivity contribution < 1.29 is 22.7 Å². The molecule has 166 valence electrons. The molecule has 0 atom stereocenters. The second-order valence-corrected chi connectivity index (χ2v) is 9.74. The zero-order chi connectivity index (χ0) is 22.6. The number of benzene rings is 1. The van der Waals surface area contributed by atoms with E-state index in [0.717, 1.165) is 5.56 Å². The van der Waals surface area contributed by atoms with Gasteiger partial charge in [-0.15, -0.1) is 0 Å². The number of hydrogen-bond donors (Lipinski definition) is 2. The van der Waals surface area contributed by atoms with Crippen LogP contribution in [0, 0.1) is 0 Å². The number of likely N-dealkylation sites (N-methyl/N-ethyl adjacent to an activating group) is 1. The van der Waals surface area contributed by atoms with Crippen LogP contribution in [0.1, 0.15) is 12.8 Å². The summed E-state index contributed by atoms with van der Waals surface area (Å²) in [5.74, 6) is 0.661. The molecule has 1 aliphatic heterocycles. The zero-order valence-electron chi connectivity index (χ0n) is 17.5. The molecule has 0 saturated heterocycles. The molecule has 1 amide bonds. The number of ether oxygens (including phenoxy) is 2. The molecular formula is C21H21N5O5S. The van der Waals surface area contributed by atoms with Crippen LogP contribution in [0.15, 0.2) is 30.5 Å². The third-order valence-corrected chi connectivity index (χ3v) is 7.44. The highest BCUT2D eigenvalue weighted by Crippen LogP contribution is 2.42. The van der Waals surface area contributed by atoms with Crippen LogP contribution in [0.2, 0.25) is 0 Å². The molecule has 0 spiro atoms. The molecule has 1 aliphatic carbocycles. The Labute approximate surface area is 184 Å².